The van der Waals surface area contributed by atoms with E-state index in [4.69, 9.17) is 9.47 Å². The van der Waals surface area contributed by atoms with Gasteiger partial charge < -0.3 is 19.7 Å². The molecule has 2 atom stereocenters. The van der Waals surface area contributed by atoms with Crippen LogP contribution in [0, 0.1) is 11.8 Å². The van der Waals surface area contributed by atoms with E-state index in [-0.39, 0.29) is 29.6 Å². The maximum absolute atomic E-state index is 12.8. The van der Waals surface area contributed by atoms with Crippen LogP contribution in [-0.4, -0.2) is 50.6 Å². The highest BCUT2D eigenvalue weighted by atomic mass is 16.5. The molecule has 1 aliphatic carbocycles. The molecule has 3 rings (SSSR count). The van der Waals surface area contributed by atoms with Crippen LogP contribution in [0.2, 0.25) is 0 Å². The maximum atomic E-state index is 12.8. The molecule has 26 heavy (non-hydrogen) atoms. The number of nitrogens with zero attached hydrogens (tertiary/aromatic N) is 1. The molecule has 1 aromatic carbocycles. The predicted octanol–water partition coefficient (Wildman–Crippen LogP) is 2.18. The molecular weight excluding hydrogens is 332 g/mol. The quantitative estimate of drug-likeness (QED) is 0.809. The predicted molar refractivity (Wildman–Crippen MR) is 98.4 cm³/mol. The van der Waals surface area contributed by atoms with Gasteiger partial charge in [0.2, 0.25) is 11.8 Å². The third-order valence-electron chi connectivity index (χ3n) is 5.28. The Morgan fingerprint density at radius 3 is 2.58 bits per heavy atom. The van der Waals surface area contributed by atoms with Gasteiger partial charge in [0.15, 0.2) is 0 Å². The van der Waals surface area contributed by atoms with Gasteiger partial charge in [0, 0.05) is 37.0 Å². The zero-order chi connectivity index (χ0) is 18.7. The molecule has 0 unspecified atom stereocenters. The molecule has 0 radical (unpaired) electrons. The van der Waals surface area contributed by atoms with Crippen LogP contribution in [0.3, 0.4) is 0 Å². The van der Waals surface area contributed by atoms with Crippen molar-refractivity contribution in [3.63, 3.8) is 0 Å². The number of rotatable bonds is 7. The summed E-state index contributed by atoms with van der Waals surface area (Å²) in [6, 6.07) is 5.63. The zero-order valence-electron chi connectivity index (χ0n) is 15.8. The lowest BCUT2D eigenvalue weighted by molar-refractivity contribution is -0.132. The molecule has 1 heterocycles. The second-order valence-electron chi connectivity index (χ2n) is 7.13. The Kier molecular flexibility index (Phi) is 5.69. The molecule has 1 saturated carbocycles. The maximum Gasteiger partial charge on any atom is 0.225 e. The molecule has 2 fully saturated rings. The molecule has 1 aromatic rings. The summed E-state index contributed by atoms with van der Waals surface area (Å²) in [6.07, 6.45) is 2.82. The van der Waals surface area contributed by atoms with Crippen molar-refractivity contribution in [1.29, 1.82) is 0 Å². The molecule has 142 valence electrons. The van der Waals surface area contributed by atoms with Gasteiger partial charge in [-0.15, -0.1) is 0 Å². The molecule has 1 saturated heterocycles. The number of benzene rings is 1. The summed E-state index contributed by atoms with van der Waals surface area (Å²) in [6.45, 7) is 3.69. The van der Waals surface area contributed by atoms with E-state index in [0.29, 0.717) is 19.6 Å². The number of carbonyl (C=O) groups is 2. The number of nitrogens with one attached hydrogen (secondary N) is 1. The fourth-order valence-electron chi connectivity index (χ4n) is 3.66. The van der Waals surface area contributed by atoms with Crippen LogP contribution in [0.1, 0.15) is 37.7 Å². The first kappa shape index (κ1) is 18.5. The minimum Gasteiger partial charge on any atom is -0.497 e. The van der Waals surface area contributed by atoms with E-state index in [1.54, 1.807) is 14.2 Å². The molecule has 0 aromatic heterocycles. The van der Waals surface area contributed by atoms with Gasteiger partial charge in [-0.2, -0.15) is 0 Å². The van der Waals surface area contributed by atoms with Crippen molar-refractivity contribution in [3.05, 3.63) is 23.8 Å². The van der Waals surface area contributed by atoms with Crippen LogP contribution in [0.4, 0.5) is 0 Å². The fraction of sp³-hybridized carbons (Fsp3) is 0.600. The van der Waals surface area contributed by atoms with Crippen molar-refractivity contribution < 1.29 is 19.1 Å². The summed E-state index contributed by atoms with van der Waals surface area (Å²) in [5.74, 6) is 1.42. The summed E-state index contributed by atoms with van der Waals surface area (Å²) < 4.78 is 10.9. The highest BCUT2D eigenvalue weighted by molar-refractivity contribution is 5.85. The van der Waals surface area contributed by atoms with Crippen molar-refractivity contribution in [2.75, 3.05) is 33.9 Å². The average molecular weight is 360 g/mol. The van der Waals surface area contributed by atoms with Gasteiger partial charge in [0.25, 0.3) is 0 Å². The lowest BCUT2D eigenvalue weighted by Crippen LogP contribution is -2.36. The minimum absolute atomic E-state index is 0.00724. The van der Waals surface area contributed by atoms with Crippen LogP contribution in [0.15, 0.2) is 18.2 Å². The molecule has 2 aliphatic rings. The summed E-state index contributed by atoms with van der Waals surface area (Å²) >= 11 is 0. The average Bonchev–Trinajstić information content (AvgIpc) is 3.43. The number of hydrogen-bond acceptors (Lipinski definition) is 4. The minimum atomic E-state index is -0.273. The molecular formula is C20H28N2O4. The second kappa shape index (κ2) is 7.98. The van der Waals surface area contributed by atoms with Crippen molar-refractivity contribution >= 4 is 11.8 Å². The number of carbonyl (C=O) groups excluding carboxylic acids is 2. The topological polar surface area (TPSA) is 67.9 Å². The largest absolute Gasteiger partial charge is 0.497 e. The number of methoxy groups -OCH3 is 2. The Labute approximate surface area is 154 Å². The van der Waals surface area contributed by atoms with E-state index >= 15 is 0 Å². The van der Waals surface area contributed by atoms with Crippen LogP contribution in [0.5, 0.6) is 11.5 Å². The van der Waals surface area contributed by atoms with Gasteiger partial charge in [-0.1, -0.05) is 6.92 Å². The lowest BCUT2D eigenvalue weighted by atomic mass is 9.87. The van der Waals surface area contributed by atoms with Gasteiger partial charge in [-0.25, -0.2) is 0 Å². The van der Waals surface area contributed by atoms with Gasteiger partial charge in [0.05, 0.1) is 20.1 Å². The first-order valence-electron chi connectivity index (χ1n) is 9.37. The smallest absolute Gasteiger partial charge is 0.225 e. The van der Waals surface area contributed by atoms with Gasteiger partial charge in [-0.05, 0) is 37.5 Å². The SMILES string of the molecule is CCCNC(=O)[C@H]1CN(C(=O)C2CC2)C[C@H]1c1cc(OC)ccc1OC. The molecule has 6 heteroatoms. The molecule has 1 N–H and O–H groups in total. The summed E-state index contributed by atoms with van der Waals surface area (Å²) in [5.41, 5.74) is 0.926. The molecule has 1 aliphatic heterocycles. The second-order valence-corrected chi connectivity index (χ2v) is 7.13. The first-order valence-corrected chi connectivity index (χ1v) is 9.37. The molecule has 0 spiro atoms. The lowest BCUT2D eigenvalue weighted by Gasteiger charge is -2.21. The van der Waals surface area contributed by atoms with Crippen molar-refractivity contribution in [1.82, 2.24) is 10.2 Å². The third kappa shape index (κ3) is 3.79. The van der Waals surface area contributed by atoms with Crippen molar-refractivity contribution in [2.45, 2.75) is 32.1 Å². The fourth-order valence-corrected chi connectivity index (χ4v) is 3.66. The number of amides is 2. The Balaban J connectivity index is 1.90. The van der Waals surface area contributed by atoms with Crippen molar-refractivity contribution in [3.8, 4) is 11.5 Å². The summed E-state index contributed by atoms with van der Waals surface area (Å²) in [5, 5.41) is 3.00. The highest BCUT2D eigenvalue weighted by Gasteiger charge is 2.44. The monoisotopic (exact) mass is 360 g/mol. The summed E-state index contributed by atoms with van der Waals surface area (Å²) in [4.78, 5) is 27.2. The Morgan fingerprint density at radius 2 is 1.96 bits per heavy atom. The molecule has 0 bridgehead atoms. The third-order valence-corrected chi connectivity index (χ3v) is 5.28. The van der Waals surface area contributed by atoms with E-state index in [9.17, 15) is 9.59 Å². The van der Waals surface area contributed by atoms with E-state index in [0.717, 1.165) is 36.3 Å². The van der Waals surface area contributed by atoms with E-state index in [1.807, 2.05) is 30.0 Å². The van der Waals surface area contributed by atoms with Crippen LogP contribution < -0.4 is 14.8 Å². The van der Waals surface area contributed by atoms with Gasteiger partial charge >= 0.3 is 0 Å². The first-order chi connectivity index (χ1) is 12.6. The van der Waals surface area contributed by atoms with Gasteiger partial charge in [-0.3, -0.25) is 9.59 Å². The van der Waals surface area contributed by atoms with E-state index < -0.39 is 0 Å². The van der Waals surface area contributed by atoms with E-state index in [2.05, 4.69) is 5.32 Å². The normalized spacial score (nSPS) is 22.2. The molecule has 6 nitrogen and oxygen atoms in total. The number of ether oxygens (including phenoxy) is 2. The number of hydrogen-bond donors (Lipinski definition) is 1. The Hall–Kier alpha value is -2.24. The van der Waals surface area contributed by atoms with Crippen molar-refractivity contribution in [2.24, 2.45) is 11.8 Å². The van der Waals surface area contributed by atoms with Gasteiger partial charge in [0.1, 0.15) is 11.5 Å². The Morgan fingerprint density at radius 1 is 1.19 bits per heavy atom. The highest BCUT2D eigenvalue weighted by Crippen LogP contribution is 2.41. The zero-order valence-corrected chi connectivity index (χ0v) is 15.8. The molecule has 2 amide bonds. The Bertz CT molecular complexity index is 672. The van der Waals surface area contributed by atoms with Crippen LogP contribution in [-0.2, 0) is 9.59 Å². The van der Waals surface area contributed by atoms with E-state index in [1.165, 1.54) is 0 Å². The standard InChI is InChI=1S/C20H28N2O4/c1-4-9-21-19(23)17-12-22(20(24)13-5-6-13)11-16(17)15-10-14(25-2)7-8-18(15)26-3/h7-8,10,13,16-17H,4-6,9,11-12H2,1-3H3,(H,21,23)/t16-,17-/m0/s1. The number of likely N-dealkylation sites (tertiary alicyclic amines) is 1. The van der Waals surface area contributed by atoms with Crippen LogP contribution >= 0.6 is 0 Å². The van der Waals surface area contributed by atoms with Crippen LogP contribution in [0.25, 0.3) is 0 Å². The summed E-state index contributed by atoms with van der Waals surface area (Å²) in [7, 11) is 3.24.